The largest absolute Gasteiger partial charge is 0.369 e. The number of carbonyl (C=O) groups is 2. The molecule has 1 aromatic heterocycles. The molecule has 1 aromatic carbocycles. The second kappa shape index (κ2) is 7.17. The van der Waals surface area contributed by atoms with Gasteiger partial charge < -0.3 is 10.6 Å². The maximum Gasteiger partial charge on any atom is 0.232 e. The van der Waals surface area contributed by atoms with Crippen LogP contribution in [0.1, 0.15) is 18.7 Å². The van der Waals surface area contributed by atoms with Crippen molar-refractivity contribution in [3.8, 4) is 0 Å². The van der Waals surface area contributed by atoms with Crippen molar-refractivity contribution in [1.82, 2.24) is 14.9 Å². The average Bonchev–Trinajstić information content (AvgIpc) is 2.59. The zero-order valence-electron chi connectivity index (χ0n) is 13.6. The fraction of sp³-hybridized carbons (Fsp3) is 0.412. The Labute approximate surface area is 144 Å². The van der Waals surface area contributed by atoms with Gasteiger partial charge in [0.15, 0.2) is 0 Å². The van der Waals surface area contributed by atoms with E-state index in [9.17, 15) is 9.59 Å². The predicted octanol–water partition coefficient (Wildman–Crippen LogP) is 1.75. The molecule has 0 atom stereocenters. The van der Waals surface area contributed by atoms with Gasteiger partial charge in [-0.1, -0.05) is 30.0 Å². The molecule has 0 aliphatic carbocycles. The number of nitrogens with zero attached hydrogens (tertiary/aromatic N) is 3. The predicted molar refractivity (Wildman–Crippen MR) is 93.5 cm³/mol. The molecule has 0 radical (unpaired) electrons. The summed E-state index contributed by atoms with van der Waals surface area (Å²) in [7, 11) is 0. The number of hydrogen-bond acceptors (Lipinski definition) is 5. The Balaban J connectivity index is 1.64. The highest BCUT2D eigenvalue weighted by atomic mass is 32.2. The smallest absolute Gasteiger partial charge is 0.232 e. The lowest BCUT2D eigenvalue weighted by molar-refractivity contribution is -0.132. The molecule has 2 heterocycles. The van der Waals surface area contributed by atoms with E-state index in [0.29, 0.717) is 37.5 Å². The van der Waals surface area contributed by atoms with Crippen molar-refractivity contribution in [3.05, 3.63) is 30.1 Å². The van der Waals surface area contributed by atoms with Crippen LogP contribution in [0.15, 0.2) is 29.3 Å². The molecule has 1 saturated heterocycles. The van der Waals surface area contributed by atoms with E-state index < -0.39 is 0 Å². The van der Waals surface area contributed by atoms with Crippen LogP contribution in [0.5, 0.6) is 0 Å². The minimum absolute atomic E-state index is 0.0725. The van der Waals surface area contributed by atoms with Crippen LogP contribution >= 0.6 is 11.8 Å². The molecule has 6 nitrogen and oxygen atoms in total. The summed E-state index contributed by atoms with van der Waals surface area (Å²) >= 11 is 1.44. The summed E-state index contributed by atoms with van der Waals surface area (Å²) < 4.78 is 0. The van der Waals surface area contributed by atoms with Gasteiger partial charge in [0.2, 0.25) is 11.8 Å². The zero-order chi connectivity index (χ0) is 17.1. The van der Waals surface area contributed by atoms with Gasteiger partial charge in [-0.25, -0.2) is 9.97 Å². The monoisotopic (exact) mass is 344 g/mol. The van der Waals surface area contributed by atoms with Gasteiger partial charge in [-0.05, 0) is 25.8 Å². The highest BCUT2D eigenvalue weighted by molar-refractivity contribution is 8.00. The highest BCUT2D eigenvalue weighted by Crippen LogP contribution is 2.26. The van der Waals surface area contributed by atoms with Crippen molar-refractivity contribution >= 4 is 34.5 Å². The van der Waals surface area contributed by atoms with Crippen LogP contribution < -0.4 is 5.73 Å². The Morgan fingerprint density at radius 3 is 2.67 bits per heavy atom. The quantitative estimate of drug-likeness (QED) is 0.674. The molecule has 2 aromatic rings. The Bertz CT molecular complexity index is 772. The fourth-order valence-corrected chi connectivity index (χ4v) is 3.87. The number of hydrogen-bond donors (Lipinski definition) is 1. The number of para-hydroxylation sites is 1. The first-order chi connectivity index (χ1) is 11.5. The zero-order valence-corrected chi connectivity index (χ0v) is 14.4. The summed E-state index contributed by atoms with van der Waals surface area (Å²) in [6.07, 6.45) is 1.31. The topological polar surface area (TPSA) is 89.2 Å². The van der Waals surface area contributed by atoms with Crippen LogP contribution in [0.2, 0.25) is 0 Å². The summed E-state index contributed by atoms with van der Waals surface area (Å²) in [4.78, 5) is 34.3. The first-order valence-electron chi connectivity index (χ1n) is 7.98. The van der Waals surface area contributed by atoms with Crippen molar-refractivity contribution in [2.45, 2.75) is 24.8 Å². The van der Waals surface area contributed by atoms with Crippen LogP contribution in [0.3, 0.4) is 0 Å². The number of primary amides is 1. The highest BCUT2D eigenvalue weighted by Gasteiger charge is 2.25. The number of likely N-dealkylation sites (tertiary alicyclic amines) is 1. The van der Waals surface area contributed by atoms with Crippen LogP contribution in [-0.2, 0) is 9.59 Å². The molecule has 7 heteroatoms. The van der Waals surface area contributed by atoms with Gasteiger partial charge in [-0.2, -0.15) is 0 Å². The van der Waals surface area contributed by atoms with Gasteiger partial charge in [0.1, 0.15) is 10.9 Å². The number of nitrogens with two attached hydrogens (primary N) is 1. The third-order valence-electron chi connectivity index (χ3n) is 4.26. The van der Waals surface area contributed by atoms with E-state index in [2.05, 4.69) is 9.97 Å². The van der Waals surface area contributed by atoms with E-state index in [-0.39, 0.29) is 17.7 Å². The molecule has 126 valence electrons. The maximum atomic E-state index is 12.4. The second-order valence-corrected chi connectivity index (χ2v) is 6.90. The lowest BCUT2D eigenvalue weighted by atomic mass is 9.96. The number of thioether (sulfide) groups is 1. The molecule has 1 fully saturated rings. The third-order valence-corrected chi connectivity index (χ3v) is 5.24. The van der Waals surface area contributed by atoms with Crippen LogP contribution in [0, 0.1) is 12.8 Å². The maximum absolute atomic E-state index is 12.4. The molecule has 0 spiro atoms. The lowest BCUT2D eigenvalue weighted by Gasteiger charge is -2.30. The third kappa shape index (κ3) is 3.67. The molecular weight excluding hydrogens is 324 g/mol. The molecular formula is C17H20N4O2S. The fourth-order valence-electron chi connectivity index (χ4n) is 2.90. The van der Waals surface area contributed by atoms with Crippen LogP contribution in [0.25, 0.3) is 10.9 Å². The summed E-state index contributed by atoms with van der Waals surface area (Å²) in [5, 5.41) is 1.80. The molecule has 0 saturated carbocycles. The summed E-state index contributed by atoms with van der Waals surface area (Å²) in [6, 6.07) is 7.81. The van der Waals surface area contributed by atoms with Crippen LogP contribution in [0.4, 0.5) is 0 Å². The number of carbonyl (C=O) groups excluding carboxylic acids is 2. The first kappa shape index (κ1) is 16.7. The van der Waals surface area contributed by atoms with Gasteiger partial charge in [-0.15, -0.1) is 0 Å². The van der Waals surface area contributed by atoms with Crippen molar-refractivity contribution < 1.29 is 9.59 Å². The Morgan fingerprint density at radius 1 is 1.25 bits per heavy atom. The van der Waals surface area contributed by atoms with Gasteiger partial charge in [0.05, 0.1) is 11.3 Å². The van der Waals surface area contributed by atoms with E-state index in [1.807, 2.05) is 36.1 Å². The van der Waals surface area contributed by atoms with Crippen molar-refractivity contribution in [2.75, 3.05) is 18.8 Å². The minimum Gasteiger partial charge on any atom is -0.369 e. The lowest BCUT2D eigenvalue weighted by Crippen LogP contribution is -2.42. The number of rotatable bonds is 4. The number of benzene rings is 1. The number of aryl methyl sites for hydroxylation is 1. The Hall–Kier alpha value is -2.15. The van der Waals surface area contributed by atoms with E-state index in [1.165, 1.54) is 11.8 Å². The molecule has 24 heavy (non-hydrogen) atoms. The molecule has 2 amide bonds. The standard InChI is InChI=1S/C17H20N4O2S/c1-11-19-14-5-3-2-4-13(14)17(20-11)24-10-15(22)21-8-6-12(7-9-21)16(18)23/h2-5,12H,6-10H2,1H3,(H2,18,23). The SMILES string of the molecule is Cc1nc(SCC(=O)N2CCC(C(N)=O)CC2)c2ccccc2n1. The van der Waals surface area contributed by atoms with E-state index in [4.69, 9.17) is 5.73 Å². The minimum atomic E-state index is -0.264. The Morgan fingerprint density at radius 2 is 1.96 bits per heavy atom. The molecule has 1 aliphatic heterocycles. The molecule has 0 bridgehead atoms. The number of aromatic nitrogens is 2. The summed E-state index contributed by atoms with van der Waals surface area (Å²) in [6.45, 7) is 3.04. The molecule has 2 N–H and O–H groups in total. The van der Waals surface area contributed by atoms with Gasteiger partial charge in [-0.3, -0.25) is 9.59 Å². The van der Waals surface area contributed by atoms with E-state index in [1.54, 1.807) is 0 Å². The van der Waals surface area contributed by atoms with Crippen molar-refractivity contribution in [1.29, 1.82) is 0 Å². The van der Waals surface area contributed by atoms with Crippen molar-refractivity contribution in [3.63, 3.8) is 0 Å². The normalized spacial score (nSPS) is 15.6. The van der Waals surface area contributed by atoms with Crippen molar-refractivity contribution in [2.24, 2.45) is 11.7 Å². The van der Waals surface area contributed by atoms with Gasteiger partial charge in [0, 0.05) is 24.4 Å². The van der Waals surface area contributed by atoms with E-state index >= 15 is 0 Å². The summed E-state index contributed by atoms with van der Waals surface area (Å²) in [5.74, 6) is 0.741. The van der Waals surface area contributed by atoms with Gasteiger partial charge in [0.25, 0.3) is 0 Å². The molecule has 0 unspecified atom stereocenters. The van der Waals surface area contributed by atoms with E-state index in [0.717, 1.165) is 15.9 Å². The van der Waals surface area contributed by atoms with Gasteiger partial charge >= 0.3 is 0 Å². The number of piperidine rings is 1. The Kier molecular flexibility index (Phi) is 4.99. The number of fused-ring (bicyclic) bond motifs is 1. The van der Waals surface area contributed by atoms with Crippen LogP contribution in [-0.4, -0.2) is 45.5 Å². The second-order valence-electron chi connectivity index (χ2n) is 5.94. The summed E-state index contributed by atoms with van der Waals surface area (Å²) in [5.41, 5.74) is 6.22. The molecule has 1 aliphatic rings. The molecule has 3 rings (SSSR count). The average molecular weight is 344 g/mol. The number of amides is 2. The first-order valence-corrected chi connectivity index (χ1v) is 8.96.